The number of nitrogens with two attached hydrogens (primary N) is 1. The maximum Gasteiger partial charge on any atom is 0.255 e. The number of methoxy groups -OCH3 is 1. The molecule has 0 aromatic heterocycles. The number of rotatable bonds is 11. The third-order valence-electron chi connectivity index (χ3n) is 4.08. The van der Waals surface area contributed by atoms with Gasteiger partial charge in [-0.25, -0.2) is 13.1 Å². The number of hydrogen-bond acceptors (Lipinski definition) is 6. The van der Waals surface area contributed by atoms with E-state index in [2.05, 4.69) is 15.4 Å². The second-order valence-electron chi connectivity index (χ2n) is 6.39. The molecule has 2 rings (SSSR count). The Hall–Kier alpha value is -3.28. The highest BCUT2D eigenvalue weighted by atomic mass is 32.2. The number of primary amides is 1. The van der Waals surface area contributed by atoms with E-state index < -0.39 is 27.7 Å². The van der Waals surface area contributed by atoms with Gasteiger partial charge in [0.05, 0.1) is 22.8 Å². The molecule has 0 fully saturated rings. The fourth-order valence-corrected chi connectivity index (χ4v) is 3.60. The fraction of sp³-hybridized carbons (Fsp3) is 0.250. The Morgan fingerprint density at radius 2 is 1.74 bits per heavy atom. The van der Waals surface area contributed by atoms with Gasteiger partial charge in [0.25, 0.3) is 11.8 Å². The van der Waals surface area contributed by atoms with Gasteiger partial charge < -0.3 is 21.1 Å². The Morgan fingerprint density at radius 3 is 2.45 bits per heavy atom. The summed E-state index contributed by atoms with van der Waals surface area (Å²) < 4.78 is 31.9. The summed E-state index contributed by atoms with van der Waals surface area (Å²) in [5.41, 5.74) is 5.57. The molecule has 0 bridgehead atoms. The molecule has 166 valence electrons. The summed E-state index contributed by atoms with van der Waals surface area (Å²) in [6, 6.07) is 11.8. The quantitative estimate of drug-likeness (QED) is 0.366. The maximum absolute atomic E-state index is 12.7. The molecule has 5 N–H and O–H groups in total. The van der Waals surface area contributed by atoms with E-state index in [1.165, 1.54) is 43.5 Å². The largest absolute Gasteiger partial charge is 0.383 e. The van der Waals surface area contributed by atoms with Crippen LogP contribution in [0.5, 0.6) is 0 Å². The number of benzene rings is 2. The molecule has 0 aliphatic heterocycles. The smallest absolute Gasteiger partial charge is 0.255 e. The number of sulfonamides is 1. The first-order valence-electron chi connectivity index (χ1n) is 9.30. The zero-order valence-electron chi connectivity index (χ0n) is 16.9. The predicted octanol–water partition coefficient (Wildman–Crippen LogP) is 0.469. The van der Waals surface area contributed by atoms with E-state index in [4.69, 9.17) is 10.5 Å². The molecule has 2 aromatic rings. The number of carbonyl (C=O) groups is 3. The highest BCUT2D eigenvalue weighted by Gasteiger charge is 2.18. The molecule has 31 heavy (non-hydrogen) atoms. The minimum atomic E-state index is -3.81. The van der Waals surface area contributed by atoms with E-state index in [0.29, 0.717) is 0 Å². The summed E-state index contributed by atoms with van der Waals surface area (Å²) in [6.45, 7) is 0.359. The first-order chi connectivity index (χ1) is 14.7. The van der Waals surface area contributed by atoms with Gasteiger partial charge in [-0.1, -0.05) is 18.2 Å². The summed E-state index contributed by atoms with van der Waals surface area (Å²) in [5, 5.41) is 5.16. The Balaban J connectivity index is 2.16. The van der Waals surface area contributed by atoms with Gasteiger partial charge in [0, 0.05) is 32.2 Å². The summed E-state index contributed by atoms with van der Waals surface area (Å²) in [7, 11) is -2.36. The molecular weight excluding hydrogens is 424 g/mol. The third kappa shape index (κ3) is 7.17. The maximum atomic E-state index is 12.7. The molecular formula is C20H24N4O6S. The predicted molar refractivity (Wildman–Crippen MR) is 114 cm³/mol. The minimum absolute atomic E-state index is 0.0139. The number of nitrogens with one attached hydrogen (secondary N) is 3. The van der Waals surface area contributed by atoms with E-state index in [1.807, 2.05) is 0 Å². The molecule has 0 atom stereocenters. The normalized spacial score (nSPS) is 11.0. The monoisotopic (exact) mass is 448 g/mol. The van der Waals surface area contributed by atoms with Crippen LogP contribution in [0.4, 0.5) is 5.69 Å². The minimum Gasteiger partial charge on any atom is -0.383 e. The van der Waals surface area contributed by atoms with Crippen LogP contribution in [0, 0.1) is 0 Å². The molecule has 0 spiro atoms. The Morgan fingerprint density at radius 1 is 1.00 bits per heavy atom. The lowest BCUT2D eigenvalue weighted by atomic mass is 10.1. The van der Waals surface area contributed by atoms with Gasteiger partial charge in [-0.2, -0.15) is 0 Å². The number of hydrogen-bond donors (Lipinski definition) is 4. The average Bonchev–Trinajstić information content (AvgIpc) is 2.74. The van der Waals surface area contributed by atoms with Gasteiger partial charge in [0.2, 0.25) is 15.9 Å². The zero-order valence-corrected chi connectivity index (χ0v) is 17.7. The van der Waals surface area contributed by atoms with Crippen LogP contribution in [-0.2, 0) is 19.6 Å². The van der Waals surface area contributed by atoms with Crippen molar-refractivity contribution < 1.29 is 27.5 Å². The first-order valence-corrected chi connectivity index (χ1v) is 10.8. The summed E-state index contributed by atoms with van der Waals surface area (Å²) in [5.74, 6) is -1.63. The summed E-state index contributed by atoms with van der Waals surface area (Å²) >= 11 is 0. The average molecular weight is 449 g/mol. The van der Waals surface area contributed by atoms with Gasteiger partial charge in [0.1, 0.15) is 0 Å². The van der Waals surface area contributed by atoms with Gasteiger partial charge in [0.15, 0.2) is 0 Å². The van der Waals surface area contributed by atoms with Gasteiger partial charge in [-0.3, -0.25) is 14.4 Å². The molecule has 2 aromatic carbocycles. The van der Waals surface area contributed by atoms with Crippen molar-refractivity contribution in [1.29, 1.82) is 0 Å². The van der Waals surface area contributed by atoms with Crippen LogP contribution in [0.2, 0.25) is 0 Å². The Labute approximate surface area is 180 Å². The topological polar surface area (TPSA) is 157 Å². The number of para-hydroxylation sites is 1. The number of anilines is 1. The van der Waals surface area contributed by atoms with Crippen LogP contribution in [-0.4, -0.2) is 52.9 Å². The number of amides is 3. The van der Waals surface area contributed by atoms with Crippen LogP contribution in [0.25, 0.3) is 0 Å². The SMILES string of the molecule is COCCNS(=O)(=O)c1cccc(C(=O)Nc2ccccc2C(=O)NCCC(N)=O)c1. The molecule has 11 heteroatoms. The molecule has 0 saturated heterocycles. The van der Waals surface area contributed by atoms with Crippen molar-refractivity contribution in [3.8, 4) is 0 Å². The zero-order chi connectivity index (χ0) is 22.9. The van der Waals surface area contributed by atoms with Crippen LogP contribution >= 0.6 is 0 Å². The van der Waals surface area contributed by atoms with E-state index in [9.17, 15) is 22.8 Å². The number of carbonyl (C=O) groups excluding carboxylic acids is 3. The van der Waals surface area contributed by atoms with Crippen LogP contribution in [0.15, 0.2) is 53.4 Å². The summed E-state index contributed by atoms with van der Waals surface area (Å²) in [4.78, 5) is 35.8. The lowest BCUT2D eigenvalue weighted by Crippen LogP contribution is -2.29. The van der Waals surface area contributed by atoms with Gasteiger partial charge in [-0.05, 0) is 30.3 Å². The fourth-order valence-electron chi connectivity index (χ4n) is 2.54. The van der Waals surface area contributed by atoms with E-state index in [1.54, 1.807) is 12.1 Å². The number of ether oxygens (including phenoxy) is 1. The van der Waals surface area contributed by atoms with Crippen molar-refractivity contribution in [1.82, 2.24) is 10.0 Å². The Kier molecular flexibility index (Phi) is 8.67. The molecule has 0 heterocycles. The van der Waals surface area contributed by atoms with E-state index >= 15 is 0 Å². The van der Waals surface area contributed by atoms with E-state index in [-0.39, 0.29) is 47.8 Å². The molecule has 0 unspecified atom stereocenters. The first kappa shape index (κ1) is 24.0. The molecule has 10 nitrogen and oxygen atoms in total. The van der Waals surface area contributed by atoms with Crippen molar-refractivity contribution in [2.75, 3.05) is 32.1 Å². The molecule has 0 aliphatic carbocycles. The third-order valence-corrected chi connectivity index (χ3v) is 5.54. The van der Waals surface area contributed by atoms with Crippen molar-refractivity contribution >= 4 is 33.4 Å². The van der Waals surface area contributed by atoms with Gasteiger partial charge >= 0.3 is 0 Å². The van der Waals surface area contributed by atoms with Crippen molar-refractivity contribution in [3.05, 3.63) is 59.7 Å². The standard InChI is InChI=1S/C20H24N4O6S/c1-30-12-11-23-31(28,29)15-6-4-5-14(13-15)19(26)24-17-8-3-2-7-16(17)20(27)22-10-9-18(21)25/h2-8,13,23H,9-12H2,1H3,(H2,21,25)(H,22,27)(H,24,26). The molecule has 0 radical (unpaired) electrons. The lowest BCUT2D eigenvalue weighted by molar-refractivity contribution is -0.117. The van der Waals surface area contributed by atoms with Gasteiger partial charge in [-0.15, -0.1) is 0 Å². The highest BCUT2D eigenvalue weighted by Crippen LogP contribution is 2.18. The Bertz CT molecular complexity index is 1060. The molecule has 0 aliphatic rings. The van der Waals surface area contributed by atoms with Crippen LogP contribution in [0.1, 0.15) is 27.1 Å². The summed E-state index contributed by atoms with van der Waals surface area (Å²) in [6.07, 6.45) is -0.0139. The second-order valence-corrected chi connectivity index (χ2v) is 8.16. The highest BCUT2D eigenvalue weighted by molar-refractivity contribution is 7.89. The van der Waals surface area contributed by atoms with Crippen LogP contribution in [0.3, 0.4) is 0 Å². The van der Waals surface area contributed by atoms with E-state index in [0.717, 1.165) is 0 Å². The van der Waals surface area contributed by atoms with Crippen molar-refractivity contribution in [2.24, 2.45) is 5.73 Å². The lowest BCUT2D eigenvalue weighted by Gasteiger charge is -2.12. The van der Waals surface area contributed by atoms with Crippen molar-refractivity contribution in [3.63, 3.8) is 0 Å². The van der Waals surface area contributed by atoms with Crippen molar-refractivity contribution in [2.45, 2.75) is 11.3 Å². The molecule has 0 saturated carbocycles. The second kappa shape index (κ2) is 11.2. The van der Waals surface area contributed by atoms with Crippen LogP contribution < -0.4 is 21.1 Å². The molecule has 3 amide bonds.